The lowest BCUT2D eigenvalue weighted by molar-refractivity contribution is -0.122. The number of anilines is 1. The van der Waals surface area contributed by atoms with Crippen molar-refractivity contribution in [1.29, 1.82) is 0 Å². The first-order valence-electron chi connectivity index (χ1n) is 10.3. The molecule has 0 unspecified atom stereocenters. The summed E-state index contributed by atoms with van der Waals surface area (Å²) >= 11 is 0. The molecule has 0 radical (unpaired) electrons. The summed E-state index contributed by atoms with van der Waals surface area (Å²) < 4.78 is 2.15. The van der Waals surface area contributed by atoms with E-state index in [0.29, 0.717) is 17.8 Å². The monoisotopic (exact) mass is 420 g/mol. The Hall–Kier alpha value is -3.75. The van der Waals surface area contributed by atoms with E-state index in [-0.39, 0.29) is 24.4 Å². The minimum atomic E-state index is -0.497. The van der Waals surface area contributed by atoms with Gasteiger partial charge in [-0.2, -0.15) is 9.36 Å². The molecular weight excluding hydrogens is 396 g/mol. The maximum absolute atomic E-state index is 12.5. The number of benzene rings is 2. The Kier molecular flexibility index (Phi) is 6.21. The number of hydrogen-bond acceptors (Lipinski definition) is 5. The molecule has 0 bridgehead atoms. The van der Waals surface area contributed by atoms with Crippen LogP contribution in [0.4, 0.5) is 5.69 Å². The lowest BCUT2D eigenvalue weighted by Crippen LogP contribution is -2.34. The van der Waals surface area contributed by atoms with Crippen LogP contribution in [-0.4, -0.2) is 37.6 Å². The molecule has 31 heavy (non-hydrogen) atoms. The van der Waals surface area contributed by atoms with Crippen molar-refractivity contribution in [1.82, 2.24) is 25.1 Å². The van der Waals surface area contributed by atoms with Crippen molar-refractivity contribution in [2.45, 2.75) is 44.7 Å². The van der Waals surface area contributed by atoms with Gasteiger partial charge in [-0.3, -0.25) is 9.59 Å². The summed E-state index contributed by atoms with van der Waals surface area (Å²) in [6, 6.07) is 17.0. The first-order valence-corrected chi connectivity index (χ1v) is 10.3. The Balaban J connectivity index is 1.30. The van der Waals surface area contributed by atoms with Gasteiger partial charge in [0.25, 0.3) is 0 Å². The molecule has 1 fully saturated rings. The summed E-state index contributed by atoms with van der Waals surface area (Å²) in [4.78, 5) is 36.5. The third-order valence-electron chi connectivity index (χ3n) is 4.98. The fraction of sp³-hybridized carbons (Fsp3) is 0.318. The number of carbonyl (C=O) groups is 2. The van der Waals surface area contributed by atoms with E-state index in [0.717, 1.165) is 35.0 Å². The number of rotatable bonds is 9. The van der Waals surface area contributed by atoms with Crippen molar-refractivity contribution < 1.29 is 9.59 Å². The standard InChI is InChI=1S/C22H24N6O3/c29-20(8-4-7-16-5-2-1-3-6-16)23-18-11-13-19(14-12-18)28-22(31)27(25-26-28)15-21(30)24-17-9-10-17/h1-3,5-6,11-14,17H,4,7-10,15H2,(H,23,29)(H,24,30). The fourth-order valence-corrected chi connectivity index (χ4v) is 3.18. The second kappa shape index (κ2) is 9.38. The van der Waals surface area contributed by atoms with Gasteiger partial charge in [0.15, 0.2) is 0 Å². The molecule has 0 aliphatic heterocycles. The summed E-state index contributed by atoms with van der Waals surface area (Å²) in [7, 11) is 0. The van der Waals surface area contributed by atoms with Gasteiger partial charge >= 0.3 is 5.69 Å². The van der Waals surface area contributed by atoms with Crippen molar-refractivity contribution >= 4 is 17.5 Å². The van der Waals surface area contributed by atoms with Gasteiger partial charge in [-0.25, -0.2) is 4.79 Å². The number of amides is 2. The van der Waals surface area contributed by atoms with Gasteiger partial charge in [0.1, 0.15) is 6.54 Å². The third kappa shape index (κ3) is 5.65. The molecule has 1 aliphatic carbocycles. The molecule has 2 aromatic carbocycles. The topological polar surface area (TPSA) is 111 Å². The number of aromatic nitrogens is 4. The first kappa shape index (κ1) is 20.5. The van der Waals surface area contributed by atoms with E-state index < -0.39 is 5.69 Å². The summed E-state index contributed by atoms with van der Waals surface area (Å²) in [5.74, 6) is -0.310. The van der Waals surface area contributed by atoms with E-state index in [9.17, 15) is 14.4 Å². The van der Waals surface area contributed by atoms with E-state index in [1.165, 1.54) is 5.56 Å². The summed E-state index contributed by atoms with van der Waals surface area (Å²) in [5.41, 5.74) is 1.85. The second-order valence-corrected chi connectivity index (χ2v) is 7.61. The molecule has 0 spiro atoms. The van der Waals surface area contributed by atoms with Crippen molar-refractivity contribution in [2.75, 3.05) is 5.32 Å². The maximum Gasteiger partial charge on any atom is 0.368 e. The van der Waals surface area contributed by atoms with Gasteiger partial charge in [0.2, 0.25) is 11.8 Å². The molecule has 9 nitrogen and oxygen atoms in total. The molecule has 1 heterocycles. The molecule has 2 amide bonds. The normalized spacial score (nSPS) is 13.0. The SMILES string of the molecule is O=C(CCCc1ccccc1)Nc1ccc(-n2nnn(CC(=O)NC3CC3)c2=O)cc1. The minimum Gasteiger partial charge on any atom is -0.352 e. The Morgan fingerprint density at radius 2 is 1.71 bits per heavy atom. The number of carbonyl (C=O) groups excluding carboxylic acids is 2. The van der Waals surface area contributed by atoms with Crippen molar-refractivity contribution in [3.05, 3.63) is 70.6 Å². The predicted molar refractivity (Wildman–Crippen MR) is 115 cm³/mol. The summed E-state index contributed by atoms with van der Waals surface area (Å²) in [6.45, 7) is -0.160. The number of aryl methyl sites for hydroxylation is 1. The van der Waals surface area contributed by atoms with Gasteiger partial charge in [0.05, 0.1) is 5.69 Å². The number of tetrazole rings is 1. The van der Waals surface area contributed by atoms with Crippen LogP contribution in [0, 0.1) is 0 Å². The van der Waals surface area contributed by atoms with Crippen LogP contribution in [0.5, 0.6) is 0 Å². The van der Waals surface area contributed by atoms with Crippen molar-refractivity contribution in [3.8, 4) is 5.69 Å². The summed E-state index contributed by atoms with van der Waals surface area (Å²) in [5, 5.41) is 13.3. The van der Waals surface area contributed by atoms with Crippen LogP contribution in [-0.2, 0) is 22.6 Å². The van der Waals surface area contributed by atoms with Gasteiger partial charge in [-0.1, -0.05) is 30.3 Å². The van der Waals surface area contributed by atoms with Crippen LogP contribution < -0.4 is 16.3 Å². The van der Waals surface area contributed by atoms with E-state index in [1.54, 1.807) is 24.3 Å². The zero-order valence-corrected chi connectivity index (χ0v) is 17.0. The lowest BCUT2D eigenvalue weighted by Gasteiger charge is -2.06. The van der Waals surface area contributed by atoms with E-state index in [4.69, 9.17) is 0 Å². The number of hydrogen-bond donors (Lipinski definition) is 2. The summed E-state index contributed by atoms with van der Waals surface area (Å²) in [6.07, 6.45) is 3.99. The van der Waals surface area contributed by atoms with Crippen LogP contribution in [0.2, 0.25) is 0 Å². The Morgan fingerprint density at radius 1 is 0.968 bits per heavy atom. The zero-order valence-electron chi connectivity index (χ0n) is 17.0. The minimum absolute atomic E-state index is 0.0616. The van der Waals surface area contributed by atoms with Gasteiger partial charge in [-0.15, -0.1) is 0 Å². The highest BCUT2D eigenvalue weighted by molar-refractivity contribution is 5.90. The highest BCUT2D eigenvalue weighted by atomic mass is 16.2. The molecule has 2 N–H and O–H groups in total. The van der Waals surface area contributed by atoms with Crippen LogP contribution in [0.1, 0.15) is 31.2 Å². The largest absolute Gasteiger partial charge is 0.368 e. The molecule has 0 atom stereocenters. The van der Waals surface area contributed by atoms with Crippen molar-refractivity contribution in [3.63, 3.8) is 0 Å². The number of nitrogens with one attached hydrogen (secondary N) is 2. The van der Waals surface area contributed by atoms with Gasteiger partial charge in [0, 0.05) is 18.2 Å². The third-order valence-corrected chi connectivity index (χ3v) is 4.98. The maximum atomic E-state index is 12.5. The number of nitrogens with zero attached hydrogens (tertiary/aromatic N) is 4. The van der Waals surface area contributed by atoms with Crippen LogP contribution in [0.25, 0.3) is 5.69 Å². The fourth-order valence-electron chi connectivity index (χ4n) is 3.18. The van der Waals surface area contributed by atoms with Crippen LogP contribution in [0.3, 0.4) is 0 Å². The Bertz CT molecular complexity index is 1100. The molecule has 0 saturated heterocycles. The smallest absolute Gasteiger partial charge is 0.352 e. The van der Waals surface area contributed by atoms with E-state index in [1.807, 2.05) is 30.3 Å². The lowest BCUT2D eigenvalue weighted by atomic mass is 10.1. The molecule has 3 aromatic rings. The molecule has 1 saturated carbocycles. The van der Waals surface area contributed by atoms with Gasteiger partial charge < -0.3 is 10.6 Å². The average molecular weight is 420 g/mol. The average Bonchev–Trinajstić information content (AvgIpc) is 3.51. The Labute approximate surface area is 179 Å². The van der Waals surface area contributed by atoms with E-state index in [2.05, 4.69) is 21.1 Å². The second-order valence-electron chi connectivity index (χ2n) is 7.61. The van der Waals surface area contributed by atoms with Gasteiger partial charge in [-0.05, 0) is 65.9 Å². The van der Waals surface area contributed by atoms with E-state index >= 15 is 0 Å². The van der Waals surface area contributed by atoms with Crippen LogP contribution in [0.15, 0.2) is 59.4 Å². The highest BCUT2D eigenvalue weighted by Crippen LogP contribution is 2.18. The van der Waals surface area contributed by atoms with Crippen LogP contribution >= 0.6 is 0 Å². The molecule has 9 heteroatoms. The Morgan fingerprint density at radius 3 is 2.42 bits per heavy atom. The molecular formula is C22H24N6O3. The zero-order chi connectivity index (χ0) is 21.6. The molecule has 160 valence electrons. The highest BCUT2D eigenvalue weighted by Gasteiger charge is 2.24. The quantitative estimate of drug-likeness (QED) is 0.547. The predicted octanol–water partition coefficient (Wildman–Crippen LogP) is 1.67. The first-order chi connectivity index (χ1) is 15.1. The molecule has 4 rings (SSSR count). The molecule has 1 aromatic heterocycles. The van der Waals surface area contributed by atoms with Crippen molar-refractivity contribution in [2.24, 2.45) is 0 Å². The molecule has 1 aliphatic rings.